The van der Waals surface area contributed by atoms with Gasteiger partial charge in [-0.25, -0.2) is 0 Å². The molecule has 2 unspecified atom stereocenters. The SMILES string of the molecule is Cc1ccc(S)cc1C(=O)NCC1CCCC1C. The van der Waals surface area contributed by atoms with Gasteiger partial charge in [-0.2, -0.15) is 0 Å². The molecule has 0 aliphatic heterocycles. The monoisotopic (exact) mass is 263 g/mol. The maximum atomic E-state index is 12.1. The van der Waals surface area contributed by atoms with Crippen LogP contribution in [0.25, 0.3) is 0 Å². The Morgan fingerprint density at radius 1 is 1.44 bits per heavy atom. The molecule has 2 nitrogen and oxygen atoms in total. The predicted octanol–water partition coefficient (Wildman–Crippen LogP) is 3.45. The Kier molecular flexibility index (Phi) is 4.33. The molecule has 1 saturated carbocycles. The Balaban J connectivity index is 1.97. The van der Waals surface area contributed by atoms with Gasteiger partial charge in [0.15, 0.2) is 0 Å². The van der Waals surface area contributed by atoms with E-state index in [4.69, 9.17) is 0 Å². The van der Waals surface area contributed by atoms with Crippen LogP contribution in [0.1, 0.15) is 42.1 Å². The summed E-state index contributed by atoms with van der Waals surface area (Å²) >= 11 is 4.29. The minimum absolute atomic E-state index is 0.0301. The van der Waals surface area contributed by atoms with E-state index in [2.05, 4.69) is 24.9 Å². The second-order valence-electron chi connectivity index (χ2n) is 5.38. The minimum atomic E-state index is 0.0301. The van der Waals surface area contributed by atoms with Gasteiger partial charge in [0.25, 0.3) is 5.91 Å². The number of hydrogen-bond acceptors (Lipinski definition) is 2. The fraction of sp³-hybridized carbons (Fsp3) is 0.533. The van der Waals surface area contributed by atoms with Gasteiger partial charge in [0.2, 0.25) is 0 Å². The van der Waals surface area contributed by atoms with E-state index in [-0.39, 0.29) is 5.91 Å². The van der Waals surface area contributed by atoms with Crippen molar-refractivity contribution in [3.8, 4) is 0 Å². The molecule has 1 aromatic carbocycles. The van der Waals surface area contributed by atoms with Gasteiger partial charge in [-0.1, -0.05) is 25.8 Å². The quantitative estimate of drug-likeness (QED) is 0.804. The Bertz CT molecular complexity index is 444. The third-order valence-electron chi connectivity index (χ3n) is 4.03. The van der Waals surface area contributed by atoms with E-state index in [9.17, 15) is 4.79 Å². The van der Waals surface area contributed by atoms with E-state index < -0.39 is 0 Å². The molecule has 18 heavy (non-hydrogen) atoms. The molecule has 1 aromatic rings. The summed E-state index contributed by atoms with van der Waals surface area (Å²) in [6.07, 6.45) is 3.84. The highest BCUT2D eigenvalue weighted by molar-refractivity contribution is 7.80. The van der Waals surface area contributed by atoms with Gasteiger partial charge in [-0.15, -0.1) is 12.6 Å². The van der Waals surface area contributed by atoms with E-state index in [0.29, 0.717) is 5.92 Å². The van der Waals surface area contributed by atoms with E-state index in [0.717, 1.165) is 28.5 Å². The molecule has 1 amide bonds. The summed E-state index contributed by atoms with van der Waals surface area (Å²) in [5.41, 5.74) is 1.75. The molecule has 0 spiro atoms. The molecule has 98 valence electrons. The Labute approximate surface area is 115 Å². The zero-order valence-electron chi connectivity index (χ0n) is 11.1. The van der Waals surface area contributed by atoms with Crippen molar-refractivity contribution < 1.29 is 4.79 Å². The first-order valence-corrected chi connectivity index (χ1v) is 7.10. The first kappa shape index (κ1) is 13.5. The highest BCUT2D eigenvalue weighted by atomic mass is 32.1. The number of benzene rings is 1. The van der Waals surface area contributed by atoms with E-state index in [1.165, 1.54) is 19.3 Å². The first-order chi connectivity index (χ1) is 8.58. The van der Waals surface area contributed by atoms with Crippen LogP contribution >= 0.6 is 12.6 Å². The molecule has 0 aromatic heterocycles. The van der Waals surface area contributed by atoms with Crippen molar-refractivity contribution in [1.29, 1.82) is 0 Å². The zero-order valence-corrected chi connectivity index (χ0v) is 12.0. The lowest BCUT2D eigenvalue weighted by Crippen LogP contribution is -2.30. The van der Waals surface area contributed by atoms with Gasteiger partial charge in [0.05, 0.1) is 0 Å². The third-order valence-corrected chi connectivity index (χ3v) is 4.31. The lowest BCUT2D eigenvalue weighted by atomic mass is 9.98. The number of amides is 1. The van der Waals surface area contributed by atoms with Gasteiger partial charge in [0.1, 0.15) is 0 Å². The summed E-state index contributed by atoms with van der Waals surface area (Å²) in [6, 6.07) is 5.69. The van der Waals surface area contributed by atoms with Gasteiger partial charge in [-0.3, -0.25) is 4.79 Å². The molecular formula is C15H21NOS. The lowest BCUT2D eigenvalue weighted by Gasteiger charge is -2.16. The van der Waals surface area contributed by atoms with Crippen molar-refractivity contribution in [3.05, 3.63) is 29.3 Å². The van der Waals surface area contributed by atoms with E-state index >= 15 is 0 Å². The van der Waals surface area contributed by atoms with Crippen LogP contribution in [-0.4, -0.2) is 12.5 Å². The summed E-state index contributed by atoms with van der Waals surface area (Å²) in [6.45, 7) is 5.04. The van der Waals surface area contributed by atoms with E-state index in [1.54, 1.807) is 0 Å². The summed E-state index contributed by atoms with van der Waals surface area (Å²) in [5.74, 6) is 1.42. The molecule has 2 rings (SSSR count). The molecule has 1 fully saturated rings. The van der Waals surface area contributed by atoms with Crippen LogP contribution in [0.2, 0.25) is 0 Å². The van der Waals surface area contributed by atoms with Gasteiger partial charge in [-0.05, 0) is 42.9 Å². The maximum absolute atomic E-state index is 12.1. The third kappa shape index (κ3) is 3.08. The molecule has 3 heteroatoms. The zero-order chi connectivity index (χ0) is 13.1. The second-order valence-corrected chi connectivity index (χ2v) is 5.89. The Morgan fingerprint density at radius 2 is 2.22 bits per heavy atom. The summed E-state index contributed by atoms with van der Waals surface area (Å²) in [5, 5.41) is 3.07. The highest BCUT2D eigenvalue weighted by Gasteiger charge is 2.23. The summed E-state index contributed by atoms with van der Waals surface area (Å²) in [7, 11) is 0. The Morgan fingerprint density at radius 3 is 2.89 bits per heavy atom. The topological polar surface area (TPSA) is 29.1 Å². The predicted molar refractivity (Wildman–Crippen MR) is 77.3 cm³/mol. The normalized spacial score (nSPS) is 23.1. The van der Waals surface area contributed by atoms with Crippen LogP contribution in [0.4, 0.5) is 0 Å². The molecule has 0 bridgehead atoms. The van der Waals surface area contributed by atoms with Crippen LogP contribution in [0, 0.1) is 18.8 Å². The smallest absolute Gasteiger partial charge is 0.251 e. The van der Waals surface area contributed by atoms with Crippen LogP contribution < -0.4 is 5.32 Å². The standard InChI is InChI=1S/C15H21NOS/c1-10-4-3-5-12(10)9-16-15(17)14-8-13(18)7-6-11(14)2/h6-8,10,12,18H,3-5,9H2,1-2H3,(H,16,17). The second kappa shape index (κ2) is 5.79. The molecule has 1 aliphatic rings. The van der Waals surface area contributed by atoms with Crippen molar-refractivity contribution in [2.45, 2.75) is 38.0 Å². The van der Waals surface area contributed by atoms with Crippen LogP contribution in [0.5, 0.6) is 0 Å². The molecule has 0 heterocycles. The maximum Gasteiger partial charge on any atom is 0.251 e. The summed E-state index contributed by atoms with van der Waals surface area (Å²) in [4.78, 5) is 13.0. The van der Waals surface area contributed by atoms with Crippen molar-refractivity contribution >= 4 is 18.5 Å². The van der Waals surface area contributed by atoms with Gasteiger partial charge < -0.3 is 5.32 Å². The largest absolute Gasteiger partial charge is 0.352 e. The average molecular weight is 263 g/mol. The van der Waals surface area contributed by atoms with Crippen LogP contribution in [-0.2, 0) is 0 Å². The molecule has 2 atom stereocenters. The first-order valence-electron chi connectivity index (χ1n) is 6.65. The molecule has 0 radical (unpaired) electrons. The fourth-order valence-electron chi connectivity index (χ4n) is 2.70. The highest BCUT2D eigenvalue weighted by Crippen LogP contribution is 2.30. The lowest BCUT2D eigenvalue weighted by molar-refractivity contribution is 0.0944. The number of hydrogen-bond donors (Lipinski definition) is 2. The molecular weight excluding hydrogens is 242 g/mol. The van der Waals surface area contributed by atoms with Gasteiger partial charge >= 0.3 is 0 Å². The Hall–Kier alpha value is -0.960. The van der Waals surface area contributed by atoms with Crippen LogP contribution in [0.3, 0.4) is 0 Å². The number of nitrogens with one attached hydrogen (secondary N) is 1. The number of rotatable bonds is 3. The number of carbonyl (C=O) groups excluding carboxylic acids is 1. The number of carbonyl (C=O) groups is 1. The minimum Gasteiger partial charge on any atom is -0.352 e. The van der Waals surface area contributed by atoms with Crippen molar-refractivity contribution in [2.24, 2.45) is 11.8 Å². The average Bonchev–Trinajstić information content (AvgIpc) is 2.75. The van der Waals surface area contributed by atoms with Gasteiger partial charge in [0, 0.05) is 17.0 Å². The fourth-order valence-corrected chi connectivity index (χ4v) is 2.90. The number of thiol groups is 1. The number of aryl methyl sites for hydroxylation is 1. The van der Waals surface area contributed by atoms with Crippen molar-refractivity contribution in [2.75, 3.05) is 6.54 Å². The van der Waals surface area contributed by atoms with E-state index in [1.807, 2.05) is 25.1 Å². The molecule has 0 saturated heterocycles. The van der Waals surface area contributed by atoms with Crippen molar-refractivity contribution in [3.63, 3.8) is 0 Å². The molecule has 1 N–H and O–H groups in total. The summed E-state index contributed by atoms with van der Waals surface area (Å²) < 4.78 is 0. The van der Waals surface area contributed by atoms with Crippen molar-refractivity contribution in [1.82, 2.24) is 5.32 Å². The molecule has 1 aliphatic carbocycles. The van der Waals surface area contributed by atoms with Crippen LogP contribution in [0.15, 0.2) is 23.1 Å².